The molecule has 0 saturated heterocycles. The van der Waals surface area contributed by atoms with Crippen LogP contribution in [-0.2, 0) is 13.1 Å². The van der Waals surface area contributed by atoms with E-state index >= 15 is 0 Å². The number of nitrogens with zero attached hydrogens (tertiary/aromatic N) is 5. The topological polar surface area (TPSA) is 103 Å². The van der Waals surface area contributed by atoms with Gasteiger partial charge in [-0.25, -0.2) is 4.98 Å². The van der Waals surface area contributed by atoms with Crippen LogP contribution in [0.3, 0.4) is 0 Å². The van der Waals surface area contributed by atoms with E-state index < -0.39 is 18.8 Å². The third-order valence-electron chi connectivity index (χ3n) is 4.95. The molecule has 3 aromatic rings. The molecule has 0 saturated carbocycles. The molecule has 4 rings (SSSR count). The van der Waals surface area contributed by atoms with Gasteiger partial charge in [0.15, 0.2) is 11.9 Å². The van der Waals surface area contributed by atoms with E-state index in [-0.39, 0.29) is 12.5 Å². The maximum absolute atomic E-state index is 12.8. The van der Waals surface area contributed by atoms with Crippen LogP contribution in [0.5, 0.6) is 11.6 Å². The van der Waals surface area contributed by atoms with Crippen LogP contribution in [0, 0.1) is 0 Å². The first-order valence-electron chi connectivity index (χ1n) is 9.38. The zero-order valence-electron chi connectivity index (χ0n) is 17.0. The molecule has 3 aromatic heterocycles. The van der Waals surface area contributed by atoms with Gasteiger partial charge in [0, 0.05) is 18.0 Å². The summed E-state index contributed by atoms with van der Waals surface area (Å²) < 4.78 is 49.0. The van der Waals surface area contributed by atoms with Crippen LogP contribution in [0.15, 0.2) is 36.8 Å². The Labute approximate surface area is 180 Å². The molecule has 4 heterocycles. The molecule has 1 unspecified atom stereocenters. The molecule has 0 aliphatic carbocycles. The van der Waals surface area contributed by atoms with Crippen LogP contribution < -0.4 is 14.4 Å². The van der Waals surface area contributed by atoms with Crippen molar-refractivity contribution in [3.05, 3.63) is 48.0 Å². The minimum atomic E-state index is -4.76. The van der Waals surface area contributed by atoms with E-state index in [1.807, 2.05) is 0 Å². The molecule has 12 heteroatoms. The largest absolute Gasteiger partial charge is 0.491 e. The first-order chi connectivity index (χ1) is 15.2. The highest BCUT2D eigenvalue weighted by Gasteiger charge is 2.39. The number of alkyl halides is 3. The number of aliphatic hydroxyl groups is 1. The van der Waals surface area contributed by atoms with Gasteiger partial charge in [-0.3, -0.25) is 19.4 Å². The number of pyridine rings is 2. The Balaban J connectivity index is 1.56. The van der Waals surface area contributed by atoms with E-state index in [1.54, 1.807) is 24.4 Å². The molecule has 1 N–H and O–H groups in total. The summed E-state index contributed by atoms with van der Waals surface area (Å²) in [6, 6.07) is 5.02. The number of anilines is 1. The van der Waals surface area contributed by atoms with Crippen molar-refractivity contribution >= 4 is 11.6 Å². The van der Waals surface area contributed by atoms with Crippen LogP contribution in [0.25, 0.3) is 11.3 Å². The average Bonchev–Trinajstić information content (AvgIpc) is 3.36. The Morgan fingerprint density at radius 3 is 2.69 bits per heavy atom. The highest BCUT2D eigenvalue weighted by molar-refractivity contribution is 6.09. The van der Waals surface area contributed by atoms with Gasteiger partial charge >= 0.3 is 6.18 Å². The van der Waals surface area contributed by atoms with Gasteiger partial charge in [-0.05, 0) is 18.2 Å². The molecular weight excluding hydrogens is 431 g/mol. The van der Waals surface area contributed by atoms with E-state index in [4.69, 9.17) is 9.47 Å². The number of hydrogen-bond acceptors (Lipinski definition) is 7. The predicted molar refractivity (Wildman–Crippen MR) is 105 cm³/mol. The molecular formula is C20H18F3N5O4. The number of ether oxygens (including phenoxy) is 2. The van der Waals surface area contributed by atoms with E-state index in [0.29, 0.717) is 39.8 Å². The molecule has 32 heavy (non-hydrogen) atoms. The molecule has 0 aromatic carbocycles. The Hall–Kier alpha value is -3.67. The number of amides is 1. The van der Waals surface area contributed by atoms with Crippen LogP contribution >= 0.6 is 0 Å². The van der Waals surface area contributed by atoms with Crippen LogP contribution in [0.2, 0.25) is 0 Å². The average molecular weight is 449 g/mol. The zero-order chi connectivity index (χ0) is 23.0. The minimum absolute atomic E-state index is 0.121. The fourth-order valence-corrected chi connectivity index (χ4v) is 3.30. The van der Waals surface area contributed by atoms with Crippen molar-refractivity contribution in [1.29, 1.82) is 0 Å². The van der Waals surface area contributed by atoms with Crippen LogP contribution in [0.1, 0.15) is 16.1 Å². The maximum atomic E-state index is 12.8. The number of methoxy groups -OCH3 is 2. The van der Waals surface area contributed by atoms with Gasteiger partial charge in [0.1, 0.15) is 0 Å². The van der Waals surface area contributed by atoms with Gasteiger partial charge in [-0.15, -0.1) is 0 Å². The lowest BCUT2D eigenvalue weighted by atomic mass is 10.1. The Bertz CT molecular complexity index is 1160. The predicted octanol–water partition coefficient (Wildman–Crippen LogP) is 2.44. The molecule has 1 aliphatic heterocycles. The first-order valence-corrected chi connectivity index (χ1v) is 9.38. The smallest absolute Gasteiger partial charge is 0.416 e. The highest BCUT2D eigenvalue weighted by Crippen LogP contribution is 2.32. The molecule has 1 aliphatic rings. The standard InChI is InChI=1S/C20H18F3N5O4/c1-31-16-5-11(6-24-18(16)32-2)14-4-3-13-15(26-14)9-28(19(13)30)12-7-25-27(8-12)10-17(29)20(21,22)23/h3-8,17,29H,9-10H2,1-2H3. The van der Waals surface area contributed by atoms with Crippen molar-refractivity contribution in [3.63, 3.8) is 0 Å². The van der Waals surface area contributed by atoms with Crippen molar-refractivity contribution < 1.29 is 32.5 Å². The number of carbonyl (C=O) groups excluding carboxylic acids is 1. The van der Waals surface area contributed by atoms with Gasteiger partial charge in [0.25, 0.3) is 11.8 Å². The summed E-state index contributed by atoms with van der Waals surface area (Å²) in [6.45, 7) is -0.649. The fourth-order valence-electron chi connectivity index (χ4n) is 3.30. The molecule has 1 amide bonds. The van der Waals surface area contributed by atoms with Crippen molar-refractivity contribution in [1.82, 2.24) is 19.7 Å². The first kappa shape index (κ1) is 21.6. The monoisotopic (exact) mass is 449 g/mol. The molecule has 0 fully saturated rings. The van der Waals surface area contributed by atoms with Gasteiger partial charge < -0.3 is 14.6 Å². The van der Waals surface area contributed by atoms with Gasteiger partial charge in [0.2, 0.25) is 0 Å². The van der Waals surface area contributed by atoms with E-state index in [0.717, 1.165) is 4.68 Å². The van der Waals surface area contributed by atoms with E-state index in [9.17, 15) is 23.1 Å². The number of halogens is 3. The van der Waals surface area contributed by atoms with Crippen molar-refractivity contribution in [2.24, 2.45) is 0 Å². The summed E-state index contributed by atoms with van der Waals surface area (Å²) in [6.07, 6.45) is -3.20. The van der Waals surface area contributed by atoms with Crippen molar-refractivity contribution in [2.45, 2.75) is 25.4 Å². The maximum Gasteiger partial charge on any atom is 0.416 e. The molecule has 0 spiro atoms. The summed E-state index contributed by atoms with van der Waals surface area (Å²) >= 11 is 0. The Morgan fingerprint density at radius 1 is 1.22 bits per heavy atom. The lowest BCUT2D eigenvalue weighted by molar-refractivity contribution is -0.208. The quantitative estimate of drug-likeness (QED) is 0.617. The zero-order valence-corrected chi connectivity index (χ0v) is 17.0. The third kappa shape index (κ3) is 3.96. The number of aliphatic hydroxyl groups excluding tert-OH is 1. The number of carbonyl (C=O) groups is 1. The summed E-state index contributed by atoms with van der Waals surface area (Å²) in [4.78, 5) is 22.9. The molecule has 168 valence electrons. The lowest BCUT2D eigenvalue weighted by Crippen LogP contribution is -2.33. The van der Waals surface area contributed by atoms with Crippen molar-refractivity contribution in [3.8, 4) is 22.9 Å². The third-order valence-corrected chi connectivity index (χ3v) is 4.95. The normalized spacial score (nSPS) is 14.4. The molecule has 0 bridgehead atoms. The van der Waals surface area contributed by atoms with Crippen molar-refractivity contribution in [2.75, 3.05) is 19.1 Å². The second kappa shape index (κ2) is 8.11. The molecule has 1 atom stereocenters. The van der Waals surface area contributed by atoms with Gasteiger partial charge in [0.05, 0.1) is 56.1 Å². The fraction of sp³-hybridized carbons (Fsp3) is 0.300. The summed E-state index contributed by atoms with van der Waals surface area (Å²) in [7, 11) is 2.97. The second-order valence-corrected chi connectivity index (χ2v) is 7.00. The number of fused-ring (bicyclic) bond motifs is 1. The summed E-state index contributed by atoms with van der Waals surface area (Å²) in [5.41, 5.74) is 2.41. The summed E-state index contributed by atoms with van der Waals surface area (Å²) in [5, 5.41) is 13.0. The summed E-state index contributed by atoms with van der Waals surface area (Å²) in [5.74, 6) is 0.408. The second-order valence-electron chi connectivity index (χ2n) is 7.00. The highest BCUT2D eigenvalue weighted by atomic mass is 19.4. The lowest BCUT2D eigenvalue weighted by Gasteiger charge is -2.14. The van der Waals surface area contributed by atoms with Gasteiger partial charge in [-0.2, -0.15) is 18.3 Å². The Morgan fingerprint density at radius 2 is 2.00 bits per heavy atom. The van der Waals surface area contributed by atoms with E-state index in [1.165, 1.54) is 31.5 Å². The van der Waals surface area contributed by atoms with Crippen LogP contribution in [0.4, 0.5) is 18.9 Å². The Kier molecular flexibility index (Phi) is 5.46. The molecule has 0 radical (unpaired) electrons. The molecule has 9 nitrogen and oxygen atoms in total. The van der Waals surface area contributed by atoms with Gasteiger partial charge in [-0.1, -0.05) is 0 Å². The van der Waals surface area contributed by atoms with E-state index in [2.05, 4.69) is 15.1 Å². The van der Waals surface area contributed by atoms with Crippen LogP contribution in [-0.4, -0.2) is 57.3 Å². The minimum Gasteiger partial charge on any atom is -0.491 e. The number of rotatable bonds is 6. The number of aromatic nitrogens is 4. The SMILES string of the molecule is COc1cc(-c2ccc3c(n2)CN(c2cnn(CC(O)C(F)(F)F)c2)C3=O)cnc1OC. The number of hydrogen-bond donors (Lipinski definition) is 1.